The van der Waals surface area contributed by atoms with Crippen molar-refractivity contribution in [2.24, 2.45) is 0 Å². The Hall–Kier alpha value is -0.990. The SMILES string of the molecule is CCOC(=O)c1[nH]cc(I)c(=O)c1C(F)F. The third kappa shape index (κ3) is 2.57. The molecule has 0 aromatic carbocycles. The van der Waals surface area contributed by atoms with Crippen molar-refractivity contribution >= 4 is 28.6 Å². The number of esters is 1. The van der Waals surface area contributed by atoms with E-state index < -0.39 is 29.1 Å². The Morgan fingerprint density at radius 2 is 2.25 bits per heavy atom. The number of hydrogen-bond acceptors (Lipinski definition) is 3. The van der Waals surface area contributed by atoms with E-state index in [0.29, 0.717) is 0 Å². The Labute approximate surface area is 103 Å². The Bertz CT molecular complexity index is 459. The van der Waals surface area contributed by atoms with E-state index in [4.69, 9.17) is 0 Å². The van der Waals surface area contributed by atoms with Gasteiger partial charge in [-0.2, -0.15) is 0 Å². The summed E-state index contributed by atoms with van der Waals surface area (Å²) in [6.45, 7) is 1.60. The van der Waals surface area contributed by atoms with Gasteiger partial charge < -0.3 is 9.72 Å². The van der Waals surface area contributed by atoms with Crippen LogP contribution in [-0.2, 0) is 4.74 Å². The lowest BCUT2D eigenvalue weighted by Crippen LogP contribution is -2.21. The quantitative estimate of drug-likeness (QED) is 0.676. The van der Waals surface area contributed by atoms with Gasteiger partial charge >= 0.3 is 5.97 Å². The number of ether oxygens (including phenoxy) is 1. The van der Waals surface area contributed by atoms with Gasteiger partial charge in [-0.25, -0.2) is 13.6 Å². The van der Waals surface area contributed by atoms with Crippen molar-refractivity contribution in [1.82, 2.24) is 4.98 Å². The van der Waals surface area contributed by atoms with Crippen LogP contribution in [0.15, 0.2) is 11.0 Å². The molecule has 0 fully saturated rings. The van der Waals surface area contributed by atoms with E-state index >= 15 is 0 Å². The zero-order valence-electron chi connectivity index (χ0n) is 8.22. The maximum Gasteiger partial charge on any atom is 0.355 e. The normalized spacial score (nSPS) is 10.6. The van der Waals surface area contributed by atoms with Crippen molar-refractivity contribution < 1.29 is 18.3 Å². The van der Waals surface area contributed by atoms with Crippen LogP contribution < -0.4 is 5.43 Å². The van der Waals surface area contributed by atoms with Crippen molar-refractivity contribution in [3.8, 4) is 0 Å². The summed E-state index contributed by atoms with van der Waals surface area (Å²) in [6.07, 6.45) is -1.82. The molecule has 1 rings (SSSR count). The summed E-state index contributed by atoms with van der Waals surface area (Å²) in [6, 6.07) is 0. The van der Waals surface area contributed by atoms with Crippen LogP contribution in [0.2, 0.25) is 0 Å². The summed E-state index contributed by atoms with van der Waals surface area (Å²) in [5.74, 6) is -0.952. The van der Waals surface area contributed by atoms with Crippen molar-refractivity contribution in [3.05, 3.63) is 31.2 Å². The molecule has 0 unspecified atom stereocenters. The predicted molar refractivity (Wildman–Crippen MR) is 60.7 cm³/mol. The third-order valence-electron chi connectivity index (χ3n) is 1.77. The van der Waals surface area contributed by atoms with Gasteiger partial charge in [0.1, 0.15) is 5.69 Å². The second-order valence-electron chi connectivity index (χ2n) is 2.78. The highest BCUT2D eigenvalue weighted by molar-refractivity contribution is 14.1. The first-order chi connectivity index (χ1) is 7.49. The molecule has 7 heteroatoms. The molecule has 0 aliphatic carbocycles. The van der Waals surface area contributed by atoms with Gasteiger partial charge in [-0.15, -0.1) is 0 Å². The van der Waals surface area contributed by atoms with Crippen LogP contribution in [-0.4, -0.2) is 17.6 Å². The summed E-state index contributed by atoms with van der Waals surface area (Å²) < 4.78 is 29.9. The highest BCUT2D eigenvalue weighted by atomic mass is 127. The van der Waals surface area contributed by atoms with E-state index in [9.17, 15) is 18.4 Å². The molecule has 0 saturated heterocycles. The molecule has 0 amide bonds. The van der Waals surface area contributed by atoms with Crippen molar-refractivity contribution in [2.45, 2.75) is 13.3 Å². The van der Waals surface area contributed by atoms with Crippen molar-refractivity contribution in [3.63, 3.8) is 0 Å². The lowest BCUT2D eigenvalue weighted by Gasteiger charge is -2.07. The maximum absolute atomic E-state index is 12.6. The van der Waals surface area contributed by atoms with Crippen LogP contribution in [0.3, 0.4) is 0 Å². The van der Waals surface area contributed by atoms with Gasteiger partial charge in [0.2, 0.25) is 5.43 Å². The Kier molecular flexibility index (Phi) is 4.39. The molecule has 0 radical (unpaired) electrons. The predicted octanol–water partition coefficient (Wildman–Crippen LogP) is 2.09. The largest absolute Gasteiger partial charge is 0.461 e. The zero-order chi connectivity index (χ0) is 12.3. The van der Waals surface area contributed by atoms with Gasteiger partial charge in [0.25, 0.3) is 6.43 Å². The van der Waals surface area contributed by atoms with E-state index in [0.717, 1.165) is 0 Å². The van der Waals surface area contributed by atoms with Gasteiger partial charge in [0.15, 0.2) is 0 Å². The molecule has 1 aromatic rings. The molecular weight excluding hydrogens is 335 g/mol. The first-order valence-corrected chi connectivity index (χ1v) is 5.43. The molecule has 0 saturated carbocycles. The zero-order valence-corrected chi connectivity index (χ0v) is 10.4. The fourth-order valence-corrected chi connectivity index (χ4v) is 1.55. The number of carbonyl (C=O) groups is 1. The maximum atomic E-state index is 12.6. The van der Waals surface area contributed by atoms with E-state index in [1.165, 1.54) is 6.20 Å². The Morgan fingerprint density at radius 3 is 2.75 bits per heavy atom. The summed E-state index contributed by atoms with van der Waals surface area (Å²) in [4.78, 5) is 25.1. The number of alkyl halides is 2. The minimum atomic E-state index is -3.02. The van der Waals surface area contributed by atoms with Crippen LogP contribution >= 0.6 is 22.6 Å². The first-order valence-electron chi connectivity index (χ1n) is 4.35. The van der Waals surface area contributed by atoms with Gasteiger partial charge in [0.05, 0.1) is 15.7 Å². The van der Waals surface area contributed by atoms with Crippen LogP contribution in [0.25, 0.3) is 0 Å². The van der Waals surface area contributed by atoms with Crippen molar-refractivity contribution in [1.29, 1.82) is 0 Å². The monoisotopic (exact) mass is 343 g/mol. The topological polar surface area (TPSA) is 59.2 Å². The van der Waals surface area contributed by atoms with Crippen LogP contribution in [0.5, 0.6) is 0 Å². The lowest BCUT2D eigenvalue weighted by molar-refractivity contribution is 0.0507. The number of halogens is 3. The smallest absolute Gasteiger partial charge is 0.355 e. The number of pyridine rings is 1. The second kappa shape index (κ2) is 5.37. The molecule has 0 bridgehead atoms. The van der Waals surface area contributed by atoms with Crippen molar-refractivity contribution in [2.75, 3.05) is 6.61 Å². The molecule has 0 aliphatic rings. The van der Waals surface area contributed by atoms with E-state index in [2.05, 4.69) is 9.72 Å². The molecule has 1 heterocycles. The molecule has 0 atom stereocenters. The second-order valence-corrected chi connectivity index (χ2v) is 3.94. The van der Waals surface area contributed by atoms with E-state index in [1.54, 1.807) is 29.5 Å². The summed E-state index contributed by atoms with van der Waals surface area (Å²) in [5, 5.41) is 0. The molecule has 88 valence electrons. The Morgan fingerprint density at radius 1 is 1.62 bits per heavy atom. The minimum Gasteiger partial charge on any atom is -0.461 e. The van der Waals surface area contributed by atoms with Gasteiger partial charge in [-0.3, -0.25) is 4.79 Å². The van der Waals surface area contributed by atoms with Crippen LogP contribution in [0.4, 0.5) is 8.78 Å². The minimum absolute atomic E-state index is 0.0511. The average molecular weight is 343 g/mol. The highest BCUT2D eigenvalue weighted by Gasteiger charge is 2.24. The van der Waals surface area contributed by atoms with Crippen LogP contribution in [0, 0.1) is 3.57 Å². The number of aromatic amines is 1. The highest BCUT2D eigenvalue weighted by Crippen LogP contribution is 2.19. The Balaban J connectivity index is 3.35. The molecular formula is C9H8F2INO3. The van der Waals surface area contributed by atoms with E-state index in [1.807, 2.05) is 0 Å². The number of H-pyrrole nitrogens is 1. The lowest BCUT2D eigenvalue weighted by atomic mass is 10.2. The fraction of sp³-hybridized carbons (Fsp3) is 0.333. The number of rotatable bonds is 3. The first kappa shape index (κ1) is 13.1. The molecule has 1 N–H and O–H groups in total. The van der Waals surface area contributed by atoms with Gasteiger partial charge in [-0.05, 0) is 29.5 Å². The number of nitrogens with one attached hydrogen (secondary N) is 1. The van der Waals surface area contributed by atoms with Gasteiger partial charge in [0, 0.05) is 6.20 Å². The van der Waals surface area contributed by atoms with E-state index in [-0.39, 0.29) is 10.2 Å². The summed E-state index contributed by atoms with van der Waals surface area (Å²) >= 11 is 1.62. The third-order valence-corrected chi connectivity index (χ3v) is 2.57. The molecule has 0 aliphatic heterocycles. The molecule has 16 heavy (non-hydrogen) atoms. The van der Waals surface area contributed by atoms with Gasteiger partial charge in [-0.1, -0.05) is 0 Å². The fourth-order valence-electron chi connectivity index (χ4n) is 1.10. The number of carbonyl (C=O) groups excluding carboxylic acids is 1. The number of hydrogen-bond donors (Lipinski definition) is 1. The molecule has 0 spiro atoms. The number of aromatic nitrogens is 1. The molecule has 4 nitrogen and oxygen atoms in total. The summed E-state index contributed by atoms with van der Waals surface area (Å²) in [7, 11) is 0. The van der Waals surface area contributed by atoms with Crippen LogP contribution in [0.1, 0.15) is 29.4 Å². The standard InChI is InChI=1S/C9H8F2INO3/c1-2-16-9(15)6-5(8(10)11)7(14)4(12)3-13-6/h3,8H,2H2,1H3,(H,13,14). The average Bonchev–Trinajstić information content (AvgIpc) is 2.21. The summed E-state index contributed by atoms with van der Waals surface area (Å²) in [5.41, 5.74) is -2.18. The molecule has 1 aromatic heterocycles.